The Balaban J connectivity index is 0.00000364. The molecule has 3 N–H and O–H groups in total. The van der Waals surface area contributed by atoms with Crippen molar-refractivity contribution in [1.82, 2.24) is 0 Å². The van der Waals surface area contributed by atoms with Crippen LogP contribution >= 0.6 is 24.0 Å². The van der Waals surface area contributed by atoms with Crippen LogP contribution in [0.2, 0.25) is 0 Å². The molecule has 27 heavy (non-hydrogen) atoms. The number of aliphatic imine (C=N–C) groups is 1. The molecule has 0 unspecified atom stereocenters. The highest BCUT2D eigenvalue weighted by Gasteiger charge is 2.06. The maximum absolute atomic E-state index is 5.96. The van der Waals surface area contributed by atoms with Gasteiger partial charge >= 0.3 is 0 Å². The molecular weight excluding hydrogens is 457 g/mol. The highest BCUT2D eigenvalue weighted by molar-refractivity contribution is 14.0. The van der Waals surface area contributed by atoms with E-state index >= 15 is 0 Å². The molecule has 0 aliphatic carbocycles. The predicted molar refractivity (Wildman–Crippen MR) is 121 cm³/mol. The van der Waals surface area contributed by atoms with E-state index in [4.69, 9.17) is 19.9 Å². The summed E-state index contributed by atoms with van der Waals surface area (Å²) in [6, 6.07) is 13.5. The van der Waals surface area contributed by atoms with Gasteiger partial charge in [0.25, 0.3) is 0 Å². The largest absolute Gasteiger partial charge is 0.497 e. The molecule has 0 aromatic heterocycles. The molecule has 0 saturated heterocycles. The van der Waals surface area contributed by atoms with Crippen molar-refractivity contribution in [2.24, 2.45) is 10.7 Å². The Bertz CT molecular complexity index is 738. The lowest BCUT2D eigenvalue weighted by Crippen LogP contribution is -2.23. The van der Waals surface area contributed by atoms with Crippen LogP contribution in [0.25, 0.3) is 0 Å². The van der Waals surface area contributed by atoms with Crippen molar-refractivity contribution < 1.29 is 14.2 Å². The van der Waals surface area contributed by atoms with E-state index in [0.29, 0.717) is 25.7 Å². The van der Waals surface area contributed by atoms with E-state index in [1.807, 2.05) is 56.3 Å². The summed E-state index contributed by atoms with van der Waals surface area (Å²) >= 11 is 0. The third-order valence-corrected chi connectivity index (χ3v) is 3.63. The molecule has 0 atom stereocenters. The Hall–Kier alpha value is -2.16. The molecule has 6 nitrogen and oxygen atoms in total. The summed E-state index contributed by atoms with van der Waals surface area (Å²) in [5.74, 6) is 2.66. The number of ether oxygens (including phenoxy) is 3. The summed E-state index contributed by atoms with van der Waals surface area (Å²) in [7, 11) is 1.63. The van der Waals surface area contributed by atoms with Gasteiger partial charge in [-0.05, 0) is 50.1 Å². The van der Waals surface area contributed by atoms with Gasteiger partial charge in [-0.1, -0.05) is 12.1 Å². The number of guanidine groups is 1. The van der Waals surface area contributed by atoms with Crippen LogP contribution in [-0.2, 0) is 6.42 Å². The first-order chi connectivity index (χ1) is 12.7. The average Bonchev–Trinajstić information content (AvgIpc) is 2.64. The van der Waals surface area contributed by atoms with Gasteiger partial charge in [0.15, 0.2) is 17.5 Å². The van der Waals surface area contributed by atoms with E-state index < -0.39 is 0 Å². The normalized spacial score (nSPS) is 10.7. The first-order valence-corrected chi connectivity index (χ1v) is 8.75. The zero-order valence-electron chi connectivity index (χ0n) is 16.0. The summed E-state index contributed by atoms with van der Waals surface area (Å²) in [5, 5.41) is 3.06. The second kappa shape index (κ2) is 12.3. The van der Waals surface area contributed by atoms with Crippen molar-refractivity contribution in [1.29, 1.82) is 0 Å². The Morgan fingerprint density at radius 3 is 2.48 bits per heavy atom. The van der Waals surface area contributed by atoms with Crippen LogP contribution in [0.1, 0.15) is 19.4 Å². The van der Waals surface area contributed by atoms with Crippen LogP contribution in [0, 0.1) is 0 Å². The van der Waals surface area contributed by atoms with Crippen LogP contribution in [0.5, 0.6) is 17.2 Å². The molecule has 0 radical (unpaired) electrons. The lowest BCUT2D eigenvalue weighted by molar-refractivity contribution is 0.287. The molecule has 0 heterocycles. The highest BCUT2D eigenvalue weighted by Crippen LogP contribution is 2.28. The predicted octanol–water partition coefficient (Wildman–Crippen LogP) is 4.08. The number of nitrogens with two attached hydrogens (primary N) is 1. The molecule has 148 valence electrons. The molecule has 0 aliphatic rings. The standard InChI is InChI=1S/C20H27N3O3.HI/c1-4-25-18-10-9-15(13-19(18)26-5-2)11-12-22-20(21)23-16-7-6-8-17(14-16)24-3;/h6-10,13-14H,4-5,11-12H2,1-3H3,(H3,21,22,23);1H. The maximum atomic E-state index is 5.96. The number of methoxy groups -OCH3 is 1. The molecule has 7 heteroatoms. The highest BCUT2D eigenvalue weighted by atomic mass is 127. The minimum absolute atomic E-state index is 0. The number of rotatable bonds is 9. The zero-order valence-corrected chi connectivity index (χ0v) is 18.4. The summed E-state index contributed by atoms with van der Waals surface area (Å²) in [4.78, 5) is 4.38. The number of nitrogens with zero attached hydrogens (tertiary/aromatic N) is 1. The van der Waals surface area contributed by atoms with Crippen LogP contribution in [-0.4, -0.2) is 32.8 Å². The molecule has 2 aromatic rings. The summed E-state index contributed by atoms with van der Waals surface area (Å²) in [6.07, 6.45) is 0.757. The number of nitrogens with one attached hydrogen (secondary N) is 1. The smallest absolute Gasteiger partial charge is 0.193 e. The second-order valence-electron chi connectivity index (χ2n) is 5.52. The van der Waals surface area contributed by atoms with E-state index in [9.17, 15) is 0 Å². The summed E-state index contributed by atoms with van der Waals surface area (Å²) < 4.78 is 16.4. The molecule has 0 amide bonds. The lowest BCUT2D eigenvalue weighted by Gasteiger charge is -2.12. The van der Waals surface area contributed by atoms with Gasteiger partial charge in [0.2, 0.25) is 0 Å². The van der Waals surface area contributed by atoms with Crippen LogP contribution < -0.4 is 25.3 Å². The Morgan fingerprint density at radius 1 is 1.04 bits per heavy atom. The van der Waals surface area contributed by atoms with Crippen molar-refractivity contribution >= 4 is 35.6 Å². The first-order valence-electron chi connectivity index (χ1n) is 8.75. The topological polar surface area (TPSA) is 78.1 Å². The van der Waals surface area contributed by atoms with Gasteiger partial charge in [0.1, 0.15) is 5.75 Å². The number of anilines is 1. The zero-order chi connectivity index (χ0) is 18.8. The van der Waals surface area contributed by atoms with Crippen molar-refractivity contribution in [3.63, 3.8) is 0 Å². The summed E-state index contributed by atoms with van der Waals surface area (Å²) in [6.45, 7) is 5.69. The number of hydrogen-bond acceptors (Lipinski definition) is 4. The van der Waals surface area contributed by atoms with E-state index in [1.165, 1.54) is 0 Å². The third-order valence-electron chi connectivity index (χ3n) is 3.63. The fraction of sp³-hybridized carbons (Fsp3) is 0.350. The molecule has 2 rings (SSSR count). The monoisotopic (exact) mass is 485 g/mol. The molecule has 0 aliphatic heterocycles. The molecular formula is C20H28IN3O3. The Morgan fingerprint density at radius 2 is 1.78 bits per heavy atom. The lowest BCUT2D eigenvalue weighted by atomic mass is 10.1. The van der Waals surface area contributed by atoms with Crippen LogP contribution in [0.15, 0.2) is 47.5 Å². The van der Waals surface area contributed by atoms with Gasteiger partial charge in [0, 0.05) is 18.3 Å². The average molecular weight is 485 g/mol. The number of benzene rings is 2. The van der Waals surface area contributed by atoms with E-state index in [1.54, 1.807) is 7.11 Å². The maximum Gasteiger partial charge on any atom is 0.193 e. The second-order valence-corrected chi connectivity index (χ2v) is 5.52. The van der Waals surface area contributed by atoms with E-state index in [0.717, 1.165) is 34.9 Å². The molecule has 0 bridgehead atoms. The minimum Gasteiger partial charge on any atom is -0.497 e. The number of hydrogen-bond donors (Lipinski definition) is 2. The van der Waals surface area contributed by atoms with Gasteiger partial charge < -0.3 is 25.3 Å². The fourth-order valence-corrected chi connectivity index (χ4v) is 2.44. The van der Waals surface area contributed by atoms with Crippen molar-refractivity contribution in [2.45, 2.75) is 20.3 Å². The van der Waals surface area contributed by atoms with Crippen molar-refractivity contribution in [3.8, 4) is 17.2 Å². The Labute approximate surface area is 178 Å². The molecule has 0 spiro atoms. The molecule has 2 aromatic carbocycles. The van der Waals surface area contributed by atoms with Gasteiger partial charge in [0.05, 0.1) is 20.3 Å². The van der Waals surface area contributed by atoms with E-state index in [-0.39, 0.29) is 24.0 Å². The quantitative estimate of drug-likeness (QED) is 0.318. The van der Waals surface area contributed by atoms with Crippen molar-refractivity contribution in [2.75, 3.05) is 32.2 Å². The van der Waals surface area contributed by atoms with Gasteiger partial charge in [-0.3, -0.25) is 4.99 Å². The van der Waals surface area contributed by atoms with Gasteiger partial charge in [-0.25, -0.2) is 0 Å². The summed E-state index contributed by atoms with van der Waals surface area (Å²) in [5.41, 5.74) is 7.91. The fourth-order valence-electron chi connectivity index (χ4n) is 2.44. The van der Waals surface area contributed by atoms with Crippen LogP contribution in [0.3, 0.4) is 0 Å². The molecule has 0 saturated carbocycles. The minimum atomic E-state index is 0. The van der Waals surface area contributed by atoms with Crippen LogP contribution in [0.4, 0.5) is 5.69 Å². The first kappa shape index (κ1) is 22.9. The SMILES string of the molecule is CCOc1ccc(CCN=C(N)Nc2cccc(OC)c2)cc1OCC.I. The third kappa shape index (κ3) is 7.54. The van der Waals surface area contributed by atoms with Gasteiger partial charge in [-0.15, -0.1) is 24.0 Å². The number of halogens is 1. The Kier molecular flexibility index (Phi) is 10.4. The van der Waals surface area contributed by atoms with Crippen molar-refractivity contribution in [3.05, 3.63) is 48.0 Å². The van der Waals surface area contributed by atoms with E-state index in [2.05, 4.69) is 10.3 Å². The molecule has 0 fully saturated rings. The van der Waals surface area contributed by atoms with Gasteiger partial charge in [-0.2, -0.15) is 0 Å².